The number of rotatable bonds is 5. The summed E-state index contributed by atoms with van der Waals surface area (Å²) in [5.74, 6) is 6.25. The highest BCUT2D eigenvalue weighted by Gasteiger charge is 2.31. The molecule has 3 N–H and O–H groups in total. The van der Waals surface area contributed by atoms with Crippen molar-refractivity contribution in [3.63, 3.8) is 0 Å². The van der Waals surface area contributed by atoms with Crippen LogP contribution >= 0.6 is 0 Å². The first-order valence-electron chi connectivity index (χ1n) is 8.39. The van der Waals surface area contributed by atoms with Crippen molar-refractivity contribution in [1.82, 2.24) is 15.2 Å². The molecule has 1 saturated heterocycles. The minimum atomic E-state index is 0.247. The quantitative estimate of drug-likeness (QED) is 0.645. The lowest BCUT2D eigenvalue weighted by Crippen LogP contribution is -2.44. The summed E-state index contributed by atoms with van der Waals surface area (Å²) >= 11 is 0. The smallest absolute Gasteiger partial charge is 0.0640 e. The van der Waals surface area contributed by atoms with Gasteiger partial charge in [0.25, 0.3) is 0 Å². The van der Waals surface area contributed by atoms with Crippen LogP contribution in [0.25, 0.3) is 0 Å². The molecule has 2 aliphatic rings. The summed E-state index contributed by atoms with van der Waals surface area (Å²) in [4.78, 5) is 0. The predicted molar refractivity (Wildman–Crippen MR) is 82.7 cm³/mol. The van der Waals surface area contributed by atoms with E-state index in [9.17, 15) is 0 Å². The number of hydrogen-bond acceptors (Lipinski definition) is 4. The number of nitrogens with one attached hydrogen (secondary N) is 1. The minimum absolute atomic E-state index is 0.247. The molecule has 0 radical (unpaired) electrons. The van der Waals surface area contributed by atoms with Gasteiger partial charge in [0.2, 0.25) is 0 Å². The second-order valence-electron chi connectivity index (χ2n) is 6.58. The van der Waals surface area contributed by atoms with Gasteiger partial charge in [-0.05, 0) is 32.3 Å². The van der Waals surface area contributed by atoms with Gasteiger partial charge in [0, 0.05) is 31.2 Å². The molecule has 0 aromatic carbocycles. The Morgan fingerprint density at radius 2 is 2.19 bits per heavy atom. The first-order valence-corrected chi connectivity index (χ1v) is 8.39. The van der Waals surface area contributed by atoms with E-state index in [0.717, 1.165) is 25.1 Å². The SMILES string of the molecule is CC1OCCC1C(Cc1ccn(C2CCCCC2)n1)NN. The van der Waals surface area contributed by atoms with Crippen LogP contribution in [0.3, 0.4) is 0 Å². The van der Waals surface area contributed by atoms with E-state index < -0.39 is 0 Å². The topological polar surface area (TPSA) is 65.1 Å². The zero-order valence-electron chi connectivity index (χ0n) is 13.0. The molecule has 5 nitrogen and oxygen atoms in total. The average molecular weight is 292 g/mol. The van der Waals surface area contributed by atoms with Crippen LogP contribution in [-0.2, 0) is 11.2 Å². The number of hydrogen-bond donors (Lipinski definition) is 2. The highest BCUT2D eigenvalue weighted by molar-refractivity contribution is 5.04. The molecule has 3 rings (SSSR count). The Kier molecular flexibility index (Phi) is 4.93. The molecule has 2 heterocycles. The monoisotopic (exact) mass is 292 g/mol. The van der Waals surface area contributed by atoms with Crippen LogP contribution < -0.4 is 11.3 Å². The summed E-state index contributed by atoms with van der Waals surface area (Å²) in [6.45, 7) is 2.99. The second kappa shape index (κ2) is 6.90. The van der Waals surface area contributed by atoms with Crippen LogP contribution in [-0.4, -0.2) is 28.5 Å². The summed E-state index contributed by atoms with van der Waals surface area (Å²) < 4.78 is 7.84. The van der Waals surface area contributed by atoms with Crippen molar-refractivity contribution in [2.24, 2.45) is 11.8 Å². The largest absolute Gasteiger partial charge is 0.378 e. The molecule has 3 atom stereocenters. The molecule has 1 aromatic heterocycles. The fourth-order valence-electron chi connectivity index (χ4n) is 3.87. The van der Waals surface area contributed by atoms with E-state index >= 15 is 0 Å². The molecule has 5 heteroatoms. The van der Waals surface area contributed by atoms with E-state index in [1.165, 1.54) is 32.1 Å². The number of hydrazine groups is 1. The molecule has 3 unspecified atom stereocenters. The Hall–Kier alpha value is -0.910. The Morgan fingerprint density at radius 1 is 1.38 bits per heavy atom. The number of aromatic nitrogens is 2. The van der Waals surface area contributed by atoms with Crippen LogP contribution in [0, 0.1) is 5.92 Å². The molecule has 0 spiro atoms. The predicted octanol–water partition coefficient (Wildman–Crippen LogP) is 2.19. The van der Waals surface area contributed by atoms with Crippen molar-refractivity contribution in [2.45, 2.75) is 70.1 Å². The zero-order valence-corrected chi connectivity index (χ0v) is 13.0. The first-order chi connectivity index (χ1) is 10.3. The molecule has 1 aliphatic carbocycles. The average Bonchev–Trinajstić information content (AvgIpc) is 3.15. The van der Waals surface area contributed by atoms with Gasteiger partial charge in [0.15, 0.2) is 0 Å². The standard InChI is InChI=1S/C16H28N4O/c1-12-15(8-10-21-12)16(18-17)11-13-7-9-20(19-13)14-5-3-2-4-6-14/h7,9,12,14-16,18H,2-6,8,10-11,17H2,1H3. The van der Waals surface area contributed by atoms with Crippen LogP contribution in [0.5, 0.6) is 0 Å². The van der Waals surface area contributed by atoms with Gasteiger partial charge >= 0.3 is 0 Å². The molecule has 1 saturated carbocycles. The third-order valence-electron chi connectivity index (χ3n) is 5.21. The molecule has 118 valence electrons. The molecule has 1 aromatic rings. The van der Waals surface area contributed by atoms with Crippen molar-refractivity contribution in [3.05, 3.63) is 18.0 Å². The summed E-state index contributed by atoms with van der Waals surface area (Å²) in [5, 5.41) is 4.80. The summed E-state index contributed by atoms with van der Waals surface area (Å²) in [6.07, 6.45) is 11.0. The molecule has 2 fully saturated rings. The lowest BCUT2D eigenvalue weighted by molar-refractivity contribution is 0.0952. The Labute approximate surface area is 127 Å². The van der Waals surface area contributed by atoms with E-state index in [-0.39, 0.29) is 12.1 Å². The summed E-state index contributed by atoms with van der Waals surface area (Å²) in [6, 6.07) is 3.00. The van der Waals surface area contributed by atoms with Gasteiger partial charge < -0.3 is 4.74 Å². The molecule has 21 heavy (non-hydrogen) atoms. The minimum Gasteiger partial charge on any atom is -0.378 e. The second-order valence-corrected chi connectivity index (χ2v) is 6.58. The van der Waals surface area contributed by atoms with Crippen LogP contribution in [0.1, 0.15) is 57.2 Å². The Bertz CT molecular complexity index is 441. The van der Waals surface area contributed by atoms with Gasteiger partial charge in [-0.1, -0.05) is 19.3 Å². The van der Waals surface area contributed by atoms with E-state index in [1.54, 1.807) is 0 Å². The van der Waals surface area contributed by atoms with Crippen molar-refractivity contribution < 1.29 is 4.74 Å². The third-order valence-corrected chi connectivity index (χ3v) is 5.21. The van der Waals surface area contributed by atoms with Gasteiger partial charge in [-0.2, -0.15) is 5.10 Å². The van der Waals surface area contributed by atoms with Crippen molar-refractivity contribution >= 4 is 0 Å². The van der Waals surface area contributed by atoms with Gasteiger partial charge in [-0.3, -0.25) is 16.0 Å². The van der Waals surface area contributed by atoms with Crippen LogP contribution in [0.2, 0.25) is 0 Å². The van der Waals surface area contributed by atoms with Crippen LogP contribution in [0.4, 0.5) is 0 Å². The molecule has 0 bridgehead atoms. The lowest BCUT2D eigenvalue weighted by atomic mass is 9.91. The van der Waals surface area contributed by atoms with Gasteiger partial charge in [-0.15, -0.1) is 0 Å². The third kappa shape index (κ3) is 3.47. The number of nitrogens with zero attached hydrogens (tertiary/aromatic N) is 2. The van der Waals surface area contributed by atoms with Crippen LogP contribution in [0.15, 0.2) is 12.3 Å². The Balaban J connectivity index is 1.62. The molecule has 0 amide bonds. The highest BCUT2D eigenvalue weighted by Crippen LogP contribution is 2.28. The molecule has 1 aliphatic heterocycles. The van der Waals surface area contributed by atoms with E-state index in [2.05, 4.69) is 29.3 Å². The first kappa shape index (κ1) is 15.0. The fraction of sp³-hybridized carbons (Fsp3) is 0.812. The number of nitrogens with two attached hydrogens (primary N) is 1. The van der Waals surface area contributed by atoms with Crippen molar-refractivity contribution in [3.8, 4) is 0 Å². The zero-order chi connectivity index (χ0) is 14.7. The maximum atomic E-state index is 5.77. The summed E-state index contributed by atoms with van der Waals surface area (Å²) in [7, 11) is 0. The normalized spacial score (nSPS) is 28.9. The van der Waals surface area contributed by atoms with E-state index in [1.807, 2.05) is 0 Å². The van der Waals surface area contributed by atoms with E-state index in [0.29, 0.717) is 12.0 Å². The van der Waals surface area contributed by atoms with Gasteiger partial charge in [0.1, 0.15) is 0 Å². The Morgan fingerprint density at radius 3 is 2.86 bits per heavy atom. The molecular weight excluding hydrogens is 264 g/mol. The van der Waals surface area contributed by atoms with Gasteiger partial charge in [0.05, 0.1) is 17.8 Å². The number of ether oxygens (including phenoxy) is 1. The maximum absolute atomic E-state index is 5.77. The fourth-order valence-corrected chi connectivity index (χ4v) is 3.87. The van der Waals surface area contributed by atoms with Gasteiger partial charge in [-0.25, -0.2) is 0 Å². The van der Waals surface area contributed by atoms with Crippen molar-refractivity contribution in [2.75, 3.05) is 6.61 Å². The maximum Gasteiger partial charge on any atom is 0.0640 e. The van der Waals surface area contributed by atoms with E-state index in [4.69, 9.17) is 15.7 Å². The highest BCUT2D eigenvalue weighted by atomic mass is 16.5. The lowest BCUT2D eigenvalue weighted by Gasteiger charge is -2.24. The van der Waals surface area contributed by atoms with Crippen molar-refractivity contribution in [1.29, 1.82) is 0 Å². The molecular formula is C16H28N4O. The summed E-state index contributed by atoms with van der Waals surface area (Å²) in [5.41, 5.74) is 4.12.